The van der Waals surface area contributed by atoms with Crippen molar-refractivity contribution in [1.82, 2.24) is 5.32 Å². The standard InChI is InChI=1S/C35H43F5N2O12/c1-34(2,15-35(3,4)11-8-21(46)53-30-25(39)23(37)22(36)24(38)26(30)40)10-7-19(44)41-12-9-20(45)42-17-13-16(14-43)5-6-18(17)52-33-29(49)27(47)28(48)31(54-33)32(50)51/h5-6,13,27-29,31,33,43,47-49H,7-12,14-15H2,1-4H3,(H,41,44)(H,42,45)(H,50,51)/t27-,28-,29+,31-,33+/m0/s1. The van der Waals surface area contributed by atoms with Crippen LogP contribution in [0.25, 0.3) is 0 Å². The molecule has 1 saturated heterocycles. The number of carboxylic acids is 1. The van der Waals surface area contributed by atoms with Crippen LogP contribution in [0, 0.1) is 39.9 Å². The second-order valence-corrected chi connectivity index (χ2v) is 14.4. The number of rotatable bonds is 17. The van der Waals surface area contributed by atoms with E-state index in [1.54, 1.807) is 13.8 Å². The van der Waals surface area contributed by atoms with E-state index in [1.165, 1.54) is 18.2 Å². The number of hydrogen-bond acceptors (Lipinski definition) is 11. The van der Waals surface area contributed by atoms with Crippen molar-refractivity contribution in [2.45, 2.75) is 104 Å². The number of anilines is 1. The molecule has 1 aliphatic heterocycles. The van der Waals surface area contributed by atoms with Gasteiger partial charge < -0.3 is 50.4 Å². The van der Waals surface area contributed by atoms with Crippen molar-refractivity contribution in [2.75, 3.05) is 11.9 Å². The van der Waals surface area contributed by atoms with Gasteiger partial charge in [-0.2, -0.15) is 8.78 Å². The Morgan fingerprint density at radius 1 is 0.796 bits per heavy atom. The second kappa shape index (κ2) is 18.3. The summed E-state index contributed by atoms with van der Waals surface area (Å²) in [6.45, 7) is 6.79. The van der Waals surface area contributed by atoms with Crippen LogP contribution in [0.3, 0.4) is 0 Å². The summed E-state index contributed by atoms with van der Waals surface area (Å²) in [5.41, 5.74) is -0.753. The molecule has 0 bridgehead atoms. The highest BCUT2D eigenvalue weighted by atomic mass is 19.2. The monoisotopic (exact) mass is 778 g/mol. The summed E-state index contributed by atoms with van der Waals surface area (Å²) in [5, 5.41) is 54.3. The Balaban J connectivity index is 1.48. The molecule has 0 spiro atoms. The molecule has 1 heterocycles. The summed E-state index contributed by atoms with van der Waals surface area (Å²) < 4.78 is 83.1. The van der Waals surface area contributed by atoms with Crippen LogP contribution in [0.4, 0.5) is 27.6 Å². The molecule has 3 rings (SSSR count). The minimum Gasteiger partial charge on any atom is -0.479 e. The number of carboxylic acid groups (broad SMARTS) is 1. The van der Waals surface area contributed by atoms with Gasteiger partial charge in [-0.05, 0) is 47.8 Å². The van der Waals surface area contributed by atoms with Crippen molar-refractivity contribution in [2.24, 2.45) is 10.8 Å². The average molecular weight is 779 g/mol. The van der Waals surface area contributed by atoms with Gasteiger partial charge in [-0.1, -0.05) is 33.8 Å². The molecule has 19 heteroatoms. The van der Waals surface area contributed by atoms with Crippen LogP contribution in [0.1, 0.15) is 71.8 Å². The number of carbonyl (C=O) groups excluding carboxylic acids is 3. The lowest BCUT2D eigenvalue weighted by Gasteiger charge is -2.38. The largest absolute Gasteiger partial charge is 0.479 e. The topological polar surface area (TPSA) is 221 Å². The van der Waals surface area contributed by atoms with Crippen LogP contribution >= 0.6 is 0 Å². The summed E-state index contributed by atoms with van der Waals surface area (Å²) in [4.78, 5) is 49.1. The molecule has 2 amide bonds. The summed E-state index contributed by atoms with van der Waals surface area (Å²) in [6.07, 6.45) is -9.12. The number of halogens is 5. The van der Waals surface area contributed by atoms with Gasteiger partial charge in [0, 0.05) is 25.8 Å². The van der Waals surface area contributed by atoms with Gasteiger partial charge in [0.1, 0.15) is 24.1 Å². The van der Waals surface area contributed by atoms with Gasteiger partial charge in [-0.25, -0.2) is 18.0 Å². The van der Waals surface area contributed by atoms with Crippen molar-refractivity contribution >= 4 is 29.4 Å². The third-order valence-electron chi connectivity index (χ3n) is 8.61. The zero-order chi connectivity index (χ0) is 40.7. The molecule has 54 heavy (non-hydrogen) atoms. The molecule has 300 valence electrons. The predicted molar refractivity (Wildman–Crippen MR) is 176 cm³/mol. The van der Waals surface area contributed by atoms with Crippen LogP contribution < -0.4 is 20.1 Å². The summed E-state index contributed by atoms with van der Waals surface area (Å²) in [5.74, 6) is -17.0. The molecule has 0 aliphatic carbocycles. The normalized spacial score (nSPS) is 20.3. The van der Waals surface area contributed by atoms with E-state index in [0.29, 0.717) is 18.4 Å². The number of aliphatic carboxylic acids is 1. The van der Waals surface area contributed by atoms with Crippen molar-refractivity contribution in [1.29, 1.82) is 0 Å². The third-order valence-corrected chi connectivity index (χ3v) is 8.61. The first-order valence-corrected chi connectivity index (χ1v) is 16.7. The van der Waals surface area contributed by atoms with Crippen molar-refractivity contribution in [3.05, 3.63) is 52.8 Å². The van der Waals surface area contributed by atoms with Crippen LogP contribution in [-0.2, 0) is 30.5 Å². The Labute approximate surface area is 306 Å². The van der Waals surface area contributed by atoms with Gasteiger partial charge >= 0.3 is 11.9 Å². The number of nitrogens with one attached hydrogen (secondary N) is 2. The van der Waals surface area contributed by atoms with Crippen LogP contribution in [0.15, 0.2) is 18.2 Å². The van der Waals surface area contributed by atoms with E-state index in [2.05, 4.69) is 15.4 Å². The predicted octanol–water partition coefficient (Wildman–Crippen LogP) is 3.20. The van der Waals surface area contributed by atoms with E-state index in [-0.39, 0.29) is 43.2 Å². The summed E-state index contributed by atoms with van der Waals surface area (Å²) in [7, 11) is 0. The molecule has 14 nitrogen and oxygen atoms in total. The minimum absolute atomic E-state index is 0.0173. The van der Waals surface area contributed by atoms with Gasteiger partial charge in [0.2, 0.25) is 52.9 Å². The van der Waals surface area contributed by atoms with E-state index in [0.717, 1.165) is 0 Å². The molecule has 1 aliphatic rings. The highest BCUT2D eigenvalue weighted by molar-refractivity contribution is 5.92. The molecular formula is C35H43F5N2O12. The zero-order valence-corrected chi connectivity index (χ0v) is 29.8. The Kier molecular flexibility index (Phi) is 14.9. The second-order valence-electron chi connectivity index (χ2n) is 14.4. The van der Waals surface area contributed by atoms with Gasteiger partial charge in [-0.15, -0.1) is 0 Å². The Hall–Kier alpha value is -4.43. The number of hydrogen-bond donors (Lipinski definition) is 7. The minimum atomic E-state index is -2.38. The maximum atomic E-state index is 13.9. The summed E-state index contributed by atoms with van der Waals surface area (Å²) >= 11 is 0. The lowest BCUT2D eigenvalue weighted by Crippen LogP contribution is -2.61. The highest BCUT2D eigenvalue weighted by Gasteiger charge is 2.48. The van der Waals surface area contributed by atoms with E-state index < -0.39 is 107 Å². The lowest BCUT2D eigenvalue weighted by atomic mass is 9.71. The number of amides is 2. The van der Waals surface area contributed by atoms with Gasteiger partial charge in [0.15, 0.2) is 6.10 Å². The maximum Gasteiger partial charge on any atom is 0.335 e. The number of esters is 1. The molecule has 2 aromatic rings. The van der Waals surface area contributed by atoms with E-state index in [4.69, 9.17) is 9.47 Å². The molecular weight excluding hydrogens is 735 g/mol. The average Bonchev–Trinajstić information content (AvgIpc) is 3.10. The number of benzene rings is 2. The molecule has 5 atom stereocenters. The number of ether oxygens (including phenoxy) is 3. The van der Waals surface area contributed by atoms with Gasteiger partial charge in [-0.3, -0.25) is 14.4 Å². The SMILES string of the molecule is CC(C)(CCC(=O)NCCC(=O)Nc1cc(CO)ccc1O[C@@H]1O[C@H](C(=O)O)[C@@H](O)[C@H](O)[C@H]1O)CC(C)(C)CCC(=O)Oc1c(F)c(F)c(F)c(F)c1F. The molecule has 0 saturated carbocycles. The van der Waals surface area contributed by atoms with Crippen LogP contribution in [0.5, 0.6) is 11.5 Å². The van der Waals surface area contributed by atoms with Crippen molar-refractivity contribution in [3.63, 3.8) is 0 Å². The molecule has 7 N–H and O–H groups in total. The van der Waals surface area contributed by atoms with E-state index >= 15 is 0 Å². The van der Waals surface area contributed by atoms with E-state index in [9.17, 15) is 66.7 Å². The van der Waals surface area contributed by atoms with E-state index in [1.807, 2.05) is 13.8 Å². The fourth-order valence-electron chi connectivity index (χ4n) is 5.97. The molecule has 0 unspecified atom stereocenters. The first-order chi connectivity index (χ1) is 25.1. The Morgan fingerprint density at radius 2 is 1.37 bits per heavy atom. The fourth-order valence-corrected chi connectivity index (χ4v) is 5.97. The third kappa shape index (κ3) is 11.5. The summed E-state index contributed by atoms with van der Waals surface area (Å²) in [6, 6.07) is 4.03. The zero-order valence-electron chi connectivity index (χ0n) is 29.8. The van der Waals surface area contributed by atoms with Crippen LogP contribution in [-0.4, -0.2) is 86.5 Å². The fraction of sp³-hybridized carbons (Fsp3) is 0.543. The Morgan fingerprint density at radius 3 is 1.94 bits per heavy atom. The van der Waals surface area contributed by atoms with Gasteiger partial charge in [0.25, 0.3) is 0 Å². The van der Waals surface area contributed by atoms with Crippen molar-refractivity contribution in [3.8, 4) is 11.5 Å². The molecule has 0 radical (unpaired) electrons. The van der Waals surface area contributed by atoms with Gasteiger partial charge in [0.05, 0.1) is 12.3 Å². The first-order valence-electron chi connectivity index (χ1n) is 16.7. The van der Waals surface area contributed by atoms with Crippen molar-refractivity contribution < 1.29 is 80.9 Å². The first kappa shape index (κ1) is 44.0. The number of aliphatic hydroxyl groups excluding tert-OH is 4. The molecule has 1 fully saturated rings. The molecule has 0 aromatic heterocycles. The Bertz CT molecular complexity index is 1680. The molecule has 2 aromatic carbocycles. The smallest absolute Gasteiger partial charge is 0.335 e. The van der Waals surface area contributed by atoms with Crippen LogP contribution in [0.2, 0.25) is 0 Å². The quantitative estimate of drug-likeness (QED) is 0.0405. The highest BCUT2D eigenvalue weighted by Crippen LogP contribution is 2.40. The lowest BCUT2D eigenvalue weighted by molar-refractivity contribution is -0.271. The number of aliphatic hydroxyl groups is 4. The maximum absolute atomic E-state index is 13.9. The number of carbonyl (C=O) groups is 4.